The third-order valence-corrected chi connectivity index (χ3v) is 3.11. The van der Waals surface area contributed by atoms with Gasteiger partial charge in [-0.25, -0.2) is 0 Å². The Morgan fingerprint density at radius 1 is 1.25 bits per heavy atom. The minimum Gasteiger partial charge on any atom is -0.314 e. The second-order valence-corrected chi connectivity index (χ2v) is 4.71. The van der Waals surface area contributed by atoms with Crippen molar-refractivity contribution in [3.05, 3.63) is 30.1 Å². The van der Waals surface area contributed by atoms with Crippen molar-refractivity contribution in [1.29, 1.82) is 0 Å². The highest BCUT2D eigenvalue weighted by atomic mass is 14.9. The van der Waals surface area contributed by atoms with E-state index in [1.807, 2.05) is 12.4 Å². The van der Waals surface area contributed by atoms with Crippen molar-refractivity contribution in [2.24, 2.45) is 5.92 Å². The molecule has 2 atom stereocenters. The number of hydrogen-bond donors (Lipinski definition) is 1. The highest BCUT2D eigenvalue weighted by molar-refractivity contribution is 5.09. The van der Waals surface area contributed by atoms with E-state index in [4.69, 9.17) is 0 Å². The number of aromatic nitrogens is 1. The van der Waals surface area contributed by atoms with Gasteiger partial charge in [0.05, 0.1) is 0 Å². The molecule has 0 amide bonds. The third-order valence-electron chi connectivity index (χ3n) is 3.11. The molecule has 90 valence electrons. The van der Waals surface area contributed by atoms with Gasteiger partial charge in [-0.05, 0) is 49.9 Å². The van der Waals surface area contributed by atoms with Gasteiger partial charge in [-0.1, -0.05) is 20.3 Å². The summed E-state index contributed by atoms with van der Waals surface area (Å²) in [4.78, 5) is 4.02. The van der Waals surface area contributed by atoms with Gasteiger partial charge in [-0.15, -0.1) is 0 Å². The van der Waals surface area contributed by atoms with Crippen LogP contribution in [0.25, 0.3) is 0 Å². The molecule has 0 aromatic carbocycles. The third kappa shape index (κ3) is 5.26. The van der Waals surface area contributed by atoms with E-state index < -0.39 is 0 Å². The van der Waals surface area contributed by atoms with Gasteiger partial charge in [0.25, 0.3) is 0 Å². The first-order valence-electron chi connectivity index (χ1n) is 6.34. The van der Waals surface area contributed by atoms with Crippen LogP contribution in [0.5, 0.6) is 0 Å². The molecule has 2 nitrogen and oxygen atoms in total. The van der Waals surface area contributed by atoms with Crippen molar-refractivity contribution in [3.8, 4) is 0 Å². The summed E-state index contributed by atoms with van der Waals surface area (Å²) in [7, 11) is 0. The van der Waals surface area contributed by atoms with E-state index in [-0.39, 0.29) is 0 Å². The molecule has 2 unspecified atom stereocenters. The zero-order chi connectivity index (χ0) is 11.8. The second-order valence-electron chi connectivity index (χ2n) is 4.71. The molecule has 1 aromatic heterocycles. The molecule has 2 heteroatoms. The van der Waals surface area contributed by atoms with Crippen LogP contribution in [0.15, 0.2) is 24.5 Å². The molecule has 16 heavy (non-hydrogen) atoms. The molecule has 0 radical (unpaired) electrons. The van der Waals surface area contributed by atoms with Crippen LogP contribution >= 0.6 is 0 Å². The van der Waals surface area contributed by atoms with Crippen LogP contribution in [-0.2, 0) is 6.42 Å². The SMILES string of the molecule is CCC(C)CC(C)NCCc1ccncc1. The quantitative estimate of drug-likeness (QED) is 0.764. The van der Waals surface area contributed by atoms with Gasteiger partial charge < -0.3 is 5.32 Å². The van der Waals surface area contributed by atoms with E-state index in [1.165, 1.54) is 18.4 Å². The Kier molecular flexibility index (Phi) is 6.09. The molecule has 0 fully saturated rings. The predicted octanol–water partition coefficient (Wildman–Crippen LogP) is 3.04. The molecule has 1 rings (SSSR count). The largest absolute Gasteiger partial charge is 0.314 e. The second kappa shape index (κ2) is 7.39. The summed E-state index contributed by atoms with van der Waals surface area (Å²) in [6, 6.07) is 4.79. The van der Waals surface area contributed by atoms with E-state index in [9.17, 15) is 0 Å². The minimum absolute atomic E-state index is 0.622. The van der Waals surface area contributed by atoms with Crippen LogP contribution in [0.2, 0.25) is 0 Å². The van der Waals surface area contributed by atoms with E-state index >= 15 is 0 Å². The van der Waals surface area contributed by atoms with Gasteiger partial charge in [0.2, 0.25) is 0 Å². The highest BCUT2D eigenvalue weighted by Crippen LogP contribution is 2.09. The first kappa shape index (κ1) is 13.2. The summed E-state index contributed by atoms with van der Waals surface area (Å²) in [6.07, 6.45) is 7.35. The van der Waals surface area contributed by atoms with Crippen LogP contribution in [0.4, 0.5) is 0 Å². The molecule has 0 aliphatic carbocycles. The van der Waals surface area contributed by atoms with Crippen LogP contribution in [0.3, 0.4) is 0 Å². The fourth-order valence-corrected chi connectivity index (χ4v) is 1.87. The molecule has 0 bridgehead atoms. The van der Waals surface area contributed by atoms with Crippen molar-refractivity contribution >= 4 is 0 Å². The Balaban J connectivity index is 2.15. The predicted molar refractivity (Wildman–Crippen MR) is 69.5 cm³/mol. The monoisotopic (exact) mass is 220 g/mol. The molecular formula is C14H24N2. The minimum atomic E-state index is 0.622. The normalized spacial score (nSPS) is 14.7. The van der Waals surface area contributed by atoms with Crippen molar-refractivity contribution in [1.82, 2.24) is 10.3 Å². The first-order chi connectivity index (χ1) is 7.72. The zero-order valence-electron chi connectivity index (χ0n) is 10.7. The Labute approximate surface area is 99.5 Å². The van der Waals surface area contributed by atoms with E-state index in [0.29, 0.717) is 6.04 Å². The number of pyridine rings is 1. The molecule has 0 aliphatic heterocycles. The number of hydrogen-bond acceptors (Lipinski definition) is 2. The average molecular weight is 220 g/mol. The lowest BCUT2D eigenvalue weighted by Crippen LogP contribution is -2.29. The van der Waals surface area contributed by atoms with Gasteiger partial charge >= 0.3 is 0 Å². The number of rotatable bonds is 7. The summed E-state index contributed by atoms with van der Waals surface area (Å²) in [6.45, 7) is 7.91. The summed E-state index contributed by atoms with van der Waals surface area (Å²) in [5.74, 6) is 0.823. The molecule has 0 aliphatic rings. The Bertz CT molecular complexity index is 271. The van der Waals surface area contributed by atoms with Crippen molar-refractivity contribution in [2.45, 2.75) is 46.1 Å². The lowest BCUT2D eigenvalue weighted by Gasteiger charge is -2.17. The Hall–Kier alpha value is -0.890. The first-order valence-corrected chi connectivity index (χ1v) is 6.34. The van der Waals surface area contributed by atoms with E-state index in [2.05, 4.69) is 43.2 Å². The standard InChI is InChI=1S/C14H24N2/c1-4-12(2)11-13(3)16-10-7-14-5-8-15-9-6-14/h5-6,8-9,12-13,16H,4,7,10-11H2,1-3H3. The summed E-state index contributed by atoms with van der Waals surface area (Å²) >= 11 is 0. The molecule has 0 spiro atoms. The van der Waals surface area contributed by atoms with Crippen LogP contribution in [-0.4, -0.2) is 17.6 Å². The molecule has 1 heterocycles. The number of nitrogens with one attached hydrogen (secondary N) is 1. The average Bonchev–Trinajstić information content (AvgIpc) is 2.30. The van der Waals surface area contributed by atoms with Gasteiger partial charge in [0.15, 0.2) is 0 Å². The molecule has 1 aromatic rings. The molecule has 1 N–H and O–H groups in total. The molecule has 0 saturated heterocycles. The van der Waals surface area contributed by atoms with Crippen LogP contribution in [0.1, 0.15) is 39.2 Å². The fourth-order valence-electron chi connectivity index (χ4n) is 1.87. The topological polar surface area (TPSA) is 24.9 Å². The summed E-state index contributed by atoms with van der Waals surface area (Å²) < 4.78 is 0. The number of nitrogens with zero attached hydrogens (tertiary/aromatic N) is 1. The smallest absolute Gasteiger partial charge is 0.0270 e. The molecule has 0 saturated carbocycles. The van der Waals surface area contributed by atoms with Gasteiger partial charge in [0.1, 0.15) is 0 Å². The van der Waals surface area contributed by atoms with Crippen molar-refractivity contribution < 1.29 is 0 Å². The highest BCUT2D eigenvalue weighted by Gasteiger charge is 2.05. The Morgan fingerprint density at radius 3 is 2.56 bits per heavy atom. The Morgan fingerprint density at radius 2 is 1.94 bits per heavy atom. The maximum absolute atomic E-state index is 4.02. The van der Waals surface area contributed by atoms with Gasteiger partial charge in [-0.2, -0.15) is 0 Å². The summed E-state index contributed by atoms with van der Waals surface area (Å²) in [5.41, 5.74) is 1.36. The van der Waals surface area contributed by atoms with Crippen LogP contribution < -0.4 is 5.32 Å². The fraction of sp³-hybridized carbons (Fsp3) is 0.643. The maximum Gasteiger partial charge on any atom is 0.0270 e. The van der Waals surface area contributed by atoms with Crippen molar-refractivity contribution in [2.75, 3.05) is 6.54 Å². The zero-order valence-corrected chi connectivity index (χ0v) is 10.7. The molecular weight excluding hydrogens is 196 g/mol. The van der Waals surface area contributed by atoms with Crippen molar-refractivity contribution in [3.63, 3.8) is 0 Å². The van der Waals surface area contributed by atoms with Gasteiger partial charge in [-0.3, -0.25) is 4.98 Å². The maximum atomic E-state index is 4.02. The van der Waals surface area contributed by atoms with E-state index in [1.54, 1.807) is 0 Å². The lowest BCUT2D eigenvalue weighted by molar-refractivity contribution is 0.415. The summed E-state index contributed by atoms with van der Waals surface area (Å²) in [5, 5.41) is 3.58. The lowest BCUT2D eigenvalue weighted by atomic mass is 10.0. The van der Waals surface area contributed by atoms with E-state index in [0.717, 1.165) is 18.9 Å². The van der Waals surface area contributed by atoms with Gasteiger partial charge in [0, 0.05) is 18.4 Å². The van der Waals surface area contributed by atoms with Crippen LogP contribution in [0, 0.1) is 5.92 Å².